The Bertz CT molecular complexity index is 215. The van der Waals surface area contributed by atoms with Gasteiger partial charge in [0.05, 0.1) is 0 Å². The second kappa shape index (κ2) is 3.89. The molecule has 1 saturated heterocycles. The fraction of sp³-hybridized carbons (Fsp3) is 0.909. The van der Waals surface area contributed by atoms with E-state index in [0.29, 0.717) is 6.04 Å². The number of nitrogens with one attached hydrogen (secondary N) is 2. The third kappa shape index (κ3) is 1.92. The monoisotopic (exact) mass is 196 g/mol. The molecule has 0 bridgehead atoms. The second-order valence-electron chi connectivity index (χ2n) is 4.93. The molecule has 1 amide bonds. The van der Waals surface area contributed by atoms with E-state index in [2.05, 4.69) is 17.6 Å². The highest BCUT2D eigenvalue weighted by molar-refractivity contribution is 5.82. The summed E-state index contributed by atoms with van der Waals surface area (Å²) in [4.78, 5) is 12.0. The van der Waals surface area contributed by atoms with Crippen LogP contribution in [0.3, 0.4) is 0 Å². The first-order valence-electron chi connectivity index (χ1n) is 5.72. The molecule has 0 aromatic rings. The van der Waals surface area contributed by atoms with Crippen LogP contribution in [0.4, 0.5) is 0 Å². The van der Waals surface area contributed by atoms with E-state index in [1.165, 1.54) is 12.8 Å². The van der Waals surface area contributed by atoms with Crippen molar-refractivity contribution in [1.29, 1.82) is 0 Å². The molecule has 1 saturated carbocycles. The smallest absolute Gasteiger partial charge is 0.226 e. The Hall–Kier alpha value is -0.570. The zero-order valence-corrected chi connectivity index (χ0v) is 8.94. The zero-order valence-electron chi connectivity index (χ0n) is 8.94. The fourth-order valence-electron chi connectivity index (χ4n) is 2.52. The van der Waals surface area contributed by atoms with Crippen molar-refractivity contribution < 1.29 is 4.79 Å². The Balaban J connectivity index is 1.87. The topological polar surface area (TPSA) is 41.1 Å². The van der Waals surface area contributed by atoms with Crippen molar-refractivity contribution in [2.75, 3.05) is 13.1 Å². The van der Waals surface area contributed by atoms with Gasteiger partial charge in [-0.25, -0.2) is 0 Å². The van der Waals surface area contributed by atoms with E-state index < -0.39 is 0 Å². The quantitative estimate of drug-likeness (QED) is 0.693. The second-order valence-corrected chi connectivity index (χ2v) is 4.93. The van der Waals surface area contributed by atoms with Gasteiger partial charge in [-0.3, -0.25) is 4.79 Å². The number of carbonyl (C=O) groups is 1. The van der Waals surface area contributed by atoms with Crippen LogP contribution in [0.25, 0.3) is 0 Å². The van der Waals surface area contributed by atoms with Gasteiger partial charge in [-0.15, -0.1) is 0 Å². The highest BCUT2D eigenvalue weighted by atomic mass is 16.2. The van der Waals surface area contributed by atoms with Gasteiger partial charge < -0.3 is 10.6 Å². The number of hydrogen-bond acceptors (Lipinski definition) is 2. The van der Waals surface area contributed by atoms with Crippen molar-refractivity contribution in [3.63, 3.8) is 0 Å². The molecule has 0 radical (unpaired) electrons. The van der Waals surface area contributed by atoms with Crippen molar-refractivity contribution in [1.82, 2.24) is 10.6 Å². The Labute approximate surface area is 85.6 Å². The highest BCUT2D eigenvalue weighted by Crippen LogP contribution is 2.37. The van der Waals surface area contributed by atoms with Gasteiger partial charge >= 0.3 is 0 Å². The van der Waals surface area contributed by atoms with Crippen LogP contribution in [0.1, 0.15) is 39.0 Å². The molecule has 1 heterocycles. The Morgan fingerprint density at radius 3 is 2.71 bits per heavy atom. The molecular weight excluding hydrogens is 176 g/mol. The maximum atomic E-state index is 12.0. The molecule has 0 aromatic heterocycles. The third-order valence-corrected chi connectivity index (χ3v) is 3.65. The molecule has 2 N–H and O–H groups in total. The van der Waals surface area contributed by atoms with E-state index in [9.17, 15) is 4.79 Å². The summed E-state index contributed by atoms with van der Waals surface area (Å²) in [7, 11) is 0. The molecule has 80 valence electrons. The summed E-state index contributed by atoms with van der Waals surface area (Å²) in [5, 5.41) is 6.43. The molecular formula is C11H20N2O. The lowest BCUT2D eigenvalue weighted by atomic mass is 9.87. The Morgan fingerprint density at radius 2 is 2.14 bits per heavy atom. The number of carbonyl (C=O) groups excluding carboxylic acids is 1. The van der Waals surface area contributed by atoms with Crippen molar-refractivity contribution in [2.24, 2.45) is 5.41 Å². The van der Waals surface area contributed by atoms with E-state index in [1.807, 2.05) is 0 Å². The van der Waals surface area contributed by atoms with Gasteiger partial charge in [0, 0.05) is 18.0 Å². The molecule has 2 rings (SSSR count). The Kier molecular flexibility index (Phi) is 2.77. The normalized spacial score (nSPS) is 30.5. The number of hydrogen-bond donors (Lipinski definition) is 2. The van der Waals surface area contributed by atoms with Crippen LogP contribution in [-0.4, -0.2) is 25.0 Å². The minimum atomic E-state index is -0.0669. The third-order valence-electron chi connectivity index (χ3n) is 3.65. The first-order valence-corrected chi connectivity index (χ1v) is 5.72. The first-order chi connectivity index (χ1) is 6.71. The summed E-state index contributed by atoms with van der Waals surface area (Å²) < 4.78 is 0. The molecule has 3 nitrogen and oxygen atoms in total. The summed E-state index contributed by atoms with van der Waals surface area (Å²) >= 11 is 0. The van der Waals surface area contributed by atoms with Crippen LogP contribution < -0.4 is 10.6 Å². The summed E-state index contributed by atoms with van der Waals surface area (Å²) in [6.45, 7) is 4.10. The Morgan fingerprint density at radius 1 is 1.43 bits per heavy atom. The summed E-state index contributed by atoms with van der Waals surface area (Å²) in [5.74, 6) is 0.281. The van der Waals surface area contributed by atoms with Gasteiger partial charge in [0.1, 0.15) is 0 Å². The maximum absolute atomic E-state index is 12.0. The van der Waals surface area contributed by atoms with Gasteiger partial charge in [0.15, 0.2) is 0 Å². The molecule has 2 aliphatic rings. The largest absolute Gasteiger partial charge is 0.352 e. The molecule has 0 aromatic carbocycles. The SMILES string of the molecule is CC1(C(=O)N[C@H]2CCNC2)CCCC1. The lowest BCUT2D eigenvalue weighted by Crippen LogP contribution is -2.43. The van der Waals surface area contributed by atoms with Crippen LogP contribution in [-0.2, 0) is 4.79 Å². The van der Waals surface area contributed by atoms with Gasteiger partial charge in [-0.2, -0.15) is 0 Å². The van der Waals surface area contributed by atoms with Crippen molar-refractivity contribution in [3.05, 3.63) is 0 Å². The lowest BCUT2D eigenvalue weighted by Gasteiger charge is -2.24. The van der Waals surface area contributed by atoms with E-state index in [0.717, 1.165) is 32.4 Å². The van der Waals surface area contributed by atoms with E-state index in [1.54, 1.807) is 0 Å². The van der Waals surface area contributed by atoms with Gasteiger partial charge in [0.25, 0.3) is 0 Å². The van der Waals surface area contributed by atoms with Crippen molar-refractivity contribution >= 4 is 5.91 Å². The fourth-order valence-corrected chi connectivity index (χ4v) is 2.52. The number of rotatable bonds is 2. The minimum Gasteiger partial charge on any atom is -0.352 e. The molecule has 2 fully saturated rings. The highest BCUT2D eigenvalue weighted by Gasteiger charge is 2.37. The average molecular weight is 196 g/mol. The molecule has 14 heavy (non-hydrogen) atoms. The average Bonchev–Trinajstić information content (AvgIpc) is 2.76. The van der Waals surface area contributed by atoms with Crippen molar-refractivity contribution in [2.45, 2.75) is 45.1 Å². The van der Waals surface area contributed by atoms with Crippen LogP contribution in [0.2, 0.25) is 0 Å². The summed E-state index contributed by atoms with van der Waals surface area (Å²) in [6, 6.07) is 0.375. The number of amides is 1. The van der Waals surface area contributed by atoms with Gasteiger partial charge in [-0.1, -0.05) is 19.8 Å². The molecule has 3 heteroatoms. The zero-order chi connectivity index (χ0) is 10.0. The lowest BCUT2D eigenvalue weighted by molar-refractivity contribution is -0.130. The van der Waals surface area contributed by atoms with E-state index in [-0.39, 0.29) is 11.3 Å². The first kappa shape index (κ1) is 9.97. The molecule has 0 unspecified atom stereocenters. The standard InChI is InChI=1S/C11H20N2O/c1-11(5-2-3-6-11)10(14)13-9-4-7-12-8-9/h9,12H,2-8H2,1H3,(H,13,14)/t9-/m0/s1. The van der Waals surface area contributed by atoms with E-state index >= 15 is 0 Å². The van der Waals surface area contributed by atoms with Crippen LogP contribution in [0.15, 0.2) is 0 Å². The molecule has 1 atom stereocenters. The molecule has 1 aliphatic carbocycles. The van der Waals surface area contributed by atoms with Crippen LogP contribution >= 0.6 is 0 Å². The predicted octanol–water partition coefficient (Wildman–Crippen LogP) is 1.04. The van der Waals surface area contributed by atoms with Crippen LogP contribution in [0.5, 0.6) is 0 Å². The van der Waals surface area contributed by atoms with Gasteiger partial charge in [0.2, 0.25) is 5.91 Å². The van der Waals surface area contributed by atoms with E-state index in [4.69, 9.17) is 0 Å². The molecule has 0 spiro atoms. The molecule has 1 aliphatic heterocycles. The summed E-state index contributed by atoms with van der Waals surface area (Å²) in [6.07, 6.45) is 5.65. The van der Waals surface area contributed by atoms with Gasteiger partial charge in [-0.05, 0) is 25.8 Å². The maximum Gasteiger partial charge on any atom is 0.226 e. The van der Waals surface area contributed by atoms with Crippen LogP contribution in [0, 0.1) is 5.41 Å². The minimum absolute atomic E-state index is 0.0669. The van der Waals surface area contributed by atoms with Crippen molar-refractivity contribution in [3.8, 4) is 0 Å². The predicted molar refractivity (Wildman–Crippen MR) is 56.0 cm³/mol. The summed E-state index contributed by atoms with van der Waals surface area (Å²) in [5.41, 5.74) is -0.0669.